The first-order chi connectivity index (χ1) is 14.5. The molecule has 2 aromatic carbocycles. The van der Waals surface area contributed by atoms with Crippen LogP contribution in [0.3, 0.4) is 0 Å². The predicted molar refractivity (Wildman–Crippen MR) is 115 cm³/mol. The van der Waals surface area contributed by atoms with Crippen LogP contribution in [0.5, 0.6) is 11.5 Å². The number of nitrogens with one attached hydrogen (secondary N) is 2. The second-order valence-electron chi connectivity index (χ2n) is 6.58. The van der Waals surface area contributed by atoms with Gasteiger partial charge in [0.15, 0.2) is 11.5 Å². The summed E-state index contributed by atoms with van der Waals surface area (Å²) >= 11 is 0. The molecule has 30 heavy (non-hydrogen) atoms. The van der Waals surface area contributed by atoms with Gasteiger partial charge in [-0.2, -0.15) is 0 Å². The molecule has 0 aliphatic heterocycles. The molecule has 0 heterocycles. The maximum atomic E-state index is 12.2. The largest absolute Gasteiger partial charge is 0.493 e. The minimum absolute atomic E-state index is 0.150. The van der Waals surface area contributed by atoms with Crippen LogP contribution < -0.4 is 20.1 Å². The summed E-state index contributed by atoms with van der Waals surface area (Å²) in [6.07, 6.45) is 0.150. The third kappa shape index (κ3) is 7.63. The highest BCUT2D eigenvalue weighted by Crippen LogP contribution is 2.30. The molecule has 8 nitrogen and oxygen atoms in total. The van der Waals surface area contributed by atoms with Gasteiger partial charge in [0.25, 0.3) is 0 Å². The summed E-state index contributed by atoms with van der Waals surface area (Å²) in [6, 6.07) is 14.6. The second kappa shape index (κ2) is 12.3. The first kappa shape index (κ1) is 23.0. The molecule has 0 fully saturated rings. The van der Waals surface area contributed by atoms with Crippen molar-refractivity contribution in [2.45, 2.75) is 13.0 Å². The summed E-state index contributed by atoms with van der Waals surface area (Å²) < 4.78 is 15.8. The minimum atomic E-state index is -0.232. The van der Waals surface area contributed by atoms with E-state index in [0.29, 0.717) is 36.9 Å². The Labute approximate surface area is 177 Å². The zero-order valence-corrected chi connectivity index (χ0v) is 17.6. The highest BCUT2D eigenvalue weighted by molar-refractivity contribution is 5.91. The number of carbonyl (C=O) groups is 2. The number of ether oxygens (including phenoxy) is 3. The van der Waals surface area contributed by atoms with E-state index in [0.717, 1.165) is 5.56 Å². The summed E-state index contributed by atoms with van der Waals surface area (Å²) in [5.74, 6) is 0.870. The Hall–Kier alpha value is -3.26. The summed E-state index contributed by atoms with van der Waals surface area (Å²) in [7, 11) is 4.86. The maximum absolute atomic E-state index is 12.2. The van der Waals surface area contributed by atoms with Gasteiger partial charge in [0.2, 0.25) is 5.91 Å². The van der Waals surface area contributed by atoms with Crippen molar-refractivity contribution in [3.05, 3.63) is 54.1 Å². The Morgan fingerprint density at radius 3 is 2.47 bits per heavy atom. The number of carbonyl (C=O) groups excluding carboxylic acids is 2. The lowest BCUT2D eigenvalue weighted by molar-refractivity contribution is -0.116. The molecule has 0 bridgehead atoms. The van der Waals surface area contributed by atoms with Crippen LogP contribution in [-0.2, 0) is 16.1 Å². The fourth-order valence-electron chi connectivity index (χ4n) is 2.67. The fraction of sp³-hybridized carbons (Fsp3) is 0.364. The molecule has 2 N–H and O–H groups in total. The van der Waals surface area contributed by atoms with Gasteiger partial charge in [0.05, 0.1) is 13.7 Å². The van der Waals surface area contributed by atoms with Crippen molar-refractivity contribution in [3.63, 3.8) is 0 Å². The first-order valence-corrected chi connectivity index (χ1v) is 9.66. The lowest BCUT2D eigenvalue weighted by Gasteiger charge is -2.18. The van der Waals surface area contributed by atoms with Gasteiger partial charge >= 0.3 is 6.03 Å². The standard InChI is InChI=1S/C22H29N3O5/c1-25(16-17-7-5-4-6-8-17)22(27)23-12-11-21(26)24-18-9-10-19(29-3)20(15-18)30-14-13-28-2/h4-10,15H,11-14,16H2,1-3H3,(H,23,27)(H,24,26). The van der Waals surface area contributed by atoms with E-state index in [9.17, 15) is 9.59 Å². The fourth-order valence-corrected chi connectivity index (χ4v) is 2.67. The van der Waals surface area contributed by atoms with Crippen LogP contribution in [0.2, 0.25) is 0 Å². The third-order valence-electron chi connectivity index (χ3n) is 4.23. The van der Waals surface area contributed by atoms with E-state index in [4.69, 9.17) is 14.2 Å². The van der Waals surface area contributed by atoms with Crippen LogP contribution in [0.1, 0.15) is 12.0 Å². The van der Waals surface area contributed by atoms with Gasteiger partial charge in [-0.1, -0.05) is 30.3 Å². The molecule has 0 atom stereocenters. The summed E-state index contributed by atoms with van der Waals surface area (Å²) in [6.45, 7) is 1.54. The topological polar surface area (TPSA) is 89.1 Å². The molecule has 0 saturated heterocycles. The lowest BCUT2D eigenvalue weighted by atomic mass is 10.2. The number of anilines is 1. The molecule has 2 rings (SSSR count). The average molecular weight is 415 g/mol. The average Bonchev–Trinajstić information content (AvgIpc) is 2.74. The van der Waals surface area contributed by atoms with Crippen LogP contribution in [0.25, 0.3) is 0 Å². The smallest absolute Gasteiger partial charge is 0.317 e. The number of hydrogen-bond acceptors (Lipinski definition) is 5. The molecule has 0 radical (unpaired) electrons. The Bertz CT molecular complexity index is 814. The van der Waals surface area contributed by atoms with Gasteiger partial charge in [-0.05, 0) is 17.7 Å². The van der Waals surface area contributed by atoms with Crippen molar-refractivity contribution in [2.75, 3.05) is 46.3 Å². The molecule has 2 aromatic rings. The quantitative estimate of drug-likeness (QED) is 0.551. The van der Waals surface area contributed by atoms with Gasteiger partial charge in [-0.15, -0.1) is 0 Å². The Morgan fingerprint density at radius 2 is 1.77 bits per heavy atom. The van der Waals surface area contributed by atoms with Crippen molar-refractivity contribution >= 4 is 17.6 Å². The summed E-state index contributed by atoms with van der Waals surface area (Å²) in [5, 5.41) is 5.55. The van der Waals surface area contributed by atoms with Crippen LogP contribution in [0.4, 0.5) is 10.5 Å². The van der Waals surface area contributed by atoms with Crippen LogP contribution >= 0.6 is 0 Å². The molecule has 0 aliphatic carbocycles. The maximum Gasteiger partial charge on any atom is 0.317 e. The number of amides is 3. The van der Waals surface area contributed by atoms with E-state index < -0.39 is 0 Å². The highest BCUT2D eigenvalue weighted by atomic mass is 16.5. The van der Waals surface area contributed by atoms with E-state index in [1.807, 2.05) is 30.3 Å². The number of benzene rings is 2. The van der Waals surface area contributed by atoms with Crippen LogP contribution in [0.15, 0.2) is 48.5 Å². The SMILES string of the molecule is COCCOc1cc(NC(=O)CCNC(=O)N(C)Cc2ccccc2)ccc1OC. The van der Waals surface area contributed by atoms with E-state index in [1.165, 1.54) is 0 Å². The van der Waals surface area contributed by atoms with Crippen LogP contribution in [0, 0.1) is 0 Å². The van der Waals surface area contributed by atoms with Crippen molar-refractivity contribution in [1.29, 1.82) is 0 Å². The number of nitrogens with zero attached hydrogens (tertiary/aromatic N) is 1. The third-order valence-corrected chi connectivity index (χ3v) is 4.23. The first-order valence-electron chi connectivity index (χ1n) is 9.66. The second-order valence-corrected chi connectivity index (χ2v) is 6.58. The highest BCUT2D eigenvalue weighted by Gasteiger charge is 2.11. The van der Waals surface area contributed by atoms with Gasteiger partial charge in [0, 0.05) is 45.4 Å². The van der Waals surface area contributed by atoms with Gasteiger partial charge < -0.3 is 29.7 Å². The zero-order valence-electron chi connectivity index (χ0n) is 17.6. The molecule has 3 amide bonds. The van der Waals surface area contributed by atoms with E-state index in [2.05, 4.69) is 10.6 Å². The Balaban J connectivity index is 1.78. The Kier molecular flexibility index (Phi) is 9.47. The van der Waals surface area contributed by atoms with Gasteiger partial charge in [0.1, 0.15) is 6.61 Å². The summed E-state index contributed by atoms with van der Waals surface area (Å²) in [5.41, 5.74) is 1.62. The number of methoxy groups -OCH3 is 2. The molecule has 0 unspecified atom stereocenters. The van der Waals surface area contributed by atoms with Crippen molar-refractivity contribution < 1.29 is 23.8 Å². The molecule has 162 valence electrons. The Morgan fingerprint density at radius 1 is 1.00 bits per heavy atom. The molecule has 0 aromatic heterocycles. The summed E-state index contributed by atoms with van der Waals surface area (Å²) in [4.78, 5) is 26.0. The minimum Gasteiger partial charge on any atom is -0.493 e. The number of urea groups is 1. The normalized spacial score (nSPS) is 10.2. The van der Waals surface area contributed by atoms with E-state index in [1.54, 1.807) is 44.4 Å². The monoisotopic (exact) mass is 415 g/mol. The van der Waals surface area contributed by atoms with Gasteiger partial charge in [-0.3, -0.25) is 4.79 Å². The predicted octanol–water partition coefficient (Wildman–Crippen LogP) is 2.89. The zero-order chi connectivity index (χ0) is 21.8. The molecular weight excluding hydrogens is 386 g/mol. The lowest BCUT2D eigenvalue weighted by Crippen LogP contribution is -2.38. The number of hydrogen-bond donors (Lipinski definition) is 2. The van der Waals surface area contributed by atoms with Crippen LogP contribution in [-0.4, -0.2) is 57.9 Å². The molecule has 8 heteroatoms. The van der Waals surface area contributed by atoms with E-state index in [-0.39, 0.29) is 24.9 Å². The van der Waals surface area contributed by atoms with Gasteiger partial charge in [-0.25, -0.2) is 4.79 Å². The molecular formula is C22H29N3O5. The molecule has 0 aliphatic rings. The van der Waals surface area contributed by atoms with Crippen molar-refractivity contribution in [1.82, 2.24) is 10.2 Å². The van der Waals surface area contributed by atoms with Crippen molar-refractivity contribution in [2.24, 2.45) is 0 Å². The van der Waals surface area contributed by atoms with Crippen molar-refractivity contribution in [3.8, 4) is 11.5 Å². The number of rotatable bonds is 11. The molecule has 0 spiro atoms. The van der Waals surface area contributed by atoms with E-state index >= 15 is 0 Å². The molecule has 0 saturated carbocycles.